The molecule has 2 aromatic carbocycles. The number of oxazole rings is 1. The largest absolute Gasteiger partial charge is 0.497 e. The Hall–Kier alpha value is -3.54. The predicted molar refractivity (Wildman–Crippen MR) is 104 cm³/mol. The number of anilines is 1. The Morgan fingerprint density at radius 1 is 1.07 bits per heavy atom. The van der Waals surface area contributed by atoms with E-state index >= 15 is 0 Å². The van der Waals surface area contributed by atoms with Crippen molar-refractivity contribution in [2.45, 2.75) is 6.92 Å². The molecular formula is C21H20N2O4. The van der Waals surface area contributed by atoms with Gasteiger partial charge in [0, 0.05) is 30.3 Å². The van der Waals surface area contributed by atoms with Gasteiger partial charge in [-0.25, -0.2) is 4.98 Å². The van der Waals surface area contributed by atoms with Crippen molar-refractivity contribution in [3.63, 3.8) is 0 Å². The molecule has 0 bridgehead atoms. The van der Waals surface area contributed by atoms with Crippen molar-refractivity contribution in [1.82, 2.24) is 4.98 Å². The van der Waals surface area contributed by atoms with Crippen LogP contribution in [0.2, 0.25) is 0 Å². The zero-order chi connectivity index (χ0) is 19.2. The maximum Gasteiger partial charge on any atom is 0.248 e. The summed E-state index contributed by atoms with van der Waals surface area (Å²) in [5.74, 6) is 1.70. The van der Waals surface area contributed by atoms with Gasteiger partial charge in [-0.15, -0.1) is 0 Å². The lowest BCUT2D eigenvalue weighted by Crippen LogP contribution is -2.07. The zero-order valence-electron chi connectivity index (χ0n) is 15.4. The first-order chi connectivity index (χ1) is 13.1. The van der Waals surface area contributed by atoms with Gasteiger partial charge < -0.3 is 19.2 Å². The summed E-state index contributed by atoms with van der Waals surface area (Å²) < 4.78 is 15.7. The zero-order valence-corrected chi connectivity index (χ0v) is 15.4. The molecule has 1 heterocycles. The minimum absolute atomic E-state index is 0.234. The van der Waals surface area contributed by atoms with E-state index in [2.05, 4.69) is 10.3 Å². The van der Waals surface area contributed by atoms with Gasteiger partial charge in [0.1, 0.15) is 23.5 Å². The van der Waals surface area contributed by atoms with E-state index in [4.69, 9.17) is 13.9 Å². The number of ether oxygens (including phenoxy) is 2. The normalized spacial score (nSPS) is 10.8. The molecule has 6 nitrogen and oxygen atoms in total. The van der Waals surface area contributed by atoms with Gasteiger partial charge in [0.2, 0.25) is 5.91 Å². The molecule has 3 rings (SSSR count). The Morgan fingerprint density at radius 2 is 1.74 bits per heavy atom. The van der Waals surface area contributed by atoms with Crippen molar-refractivity contribution >= 4 is 17.7 Å². The maximum absolute atomic E-state index is 12.2. The molecule has 3 aromatic rings. The molecule has 1 aromatic heterocycles. The topological polar surface area (TPSA) is 73.6 Å². The summed E-state index contributed by atoms with van der Waals surface area (Å²) >= 11 is 0. The highest BCUT2D eigenvalue weighted by atomic mass is 16.5. The number of nitrogens with zero attached hydrogens (tertiary/aromatic N) is 1. The number of methoxy groups -OCH3 is 2. The number of hydrogen-bond donors (Lipinski definition) is 1. The molecular weight excluding hydrogens is 344 g/mol. The lowest BCUT2D eigenvalue weighted by molar-refractivity contribution is -0.111. The molecule has 0 fully saturated rings. The fourth-order valence-electron chi connectivity index (χ4n) is 2.50. The summed E-state index contributed by atoms with van der Waals surface area (Å²) in [6, 6.07) is 12.8. The first-order valence-corrected chi connectivity index (χ1v) is 8.32. The highest BCUT2D eigenvalue weighted by molar-refractivity contribution is 6.02. The molecule has 1 amide bonds. The molecule has 1 N–H and O–H groups in total. The highest BCUT2D eigenvalue weighted by Crippen LogP contribution is 2.23. The molecule has 0 radical (unpaired) electrons. The van der Waals surface area contributed by atoms with Crippen LogP contribution in [0.15, 0.2) is 59.2 Å². The second-order valence-corrected chi connectivity index (χ2v) is 5.80. The molecule has 6 heteroatoms. The number of benzene rings is 2. The Balaban J connectivity index is 1.66. The first kappa shape index (κ1) is 18.3. The van der Waals surface area contributed by atoms with Crippen LogP contribution < -0.4 is 14.8 Å². The number of amides is 1. The van der Waals surface area contributed by atoms with E-state index in [0.29, 0.717) is 23.1 Å². The molecule has 0 aliphatic carbocycles. The van der Waals surface area contributed by atoms with Crippen LogP contribution in [0.4, 0.5) is 5.69 Å². The molecule has 0 saturated carbocycles. The molecule has 0 spiro atoms. The molecule has 0 saturated heterocycles. The number of aryl methyl sites for hydroxylation is 1. The lowest BCUT2D eigenvalue weighted by Gasteiger charge is -2.06. The van der Waals surface area contributed by atoms with Crippen LogP contribution in [0, 0.1) is 6.92 Å². The van der Waals surface area contributed by atoms with Crippen LogP contribution in [0.25, 0.3) is 17.3 Å². The Kier molecular flexibility index (Phi) is 5.56. The van der Waals surface area contributed by atoms with Gasteiger partial charge in [-0.1, -0.05) is 12.1 Å². The molecule has 138 valence electrons. The number of rotatable bonds is 6. The molecule has 0 aliphatic heterocycles. The summed E-state index contributed by atoms with van der Waals surface area (Å²) in [5.41, 5.74) is 3.18. The van der Waals surface area contributed by atoms with Gasteiger partial charge in [-0.2, -0.15) is 0 Å². The fourth-order valence-corrected chi connectivity index (χ4v) is 2.50. The van der Waals surface area contributed by atoms with Crippen LogP contribution in [0.5, 0.6) is 11.5 Å². The Bertz CT molecular complexity index is 936. The number of carbonyl (C=O) groups is 1. The third-order valence-corrected chi connectivity index (χ3v) is 3.87. The number of aromatic nitrogens is 1. The van der Waals surface area contributed by atoms with Crippen molar-refractivity contribution in [1.29, 1.82) is 0 Å². The second-order valence-electron chi connectivity index (χ2n) is 5.80. The van der Waals surface area contributed by atoms with Crippen molar-refractivity contribution in [3.8, 4) is 22.8 Å². The minimum Gasteiger partial charge on any atom is -0.497 e. The van der Waals surface area contributed by atoms with Crippen LogP contribution in [-0.2, 0) is 4.79 Å². The Morgan fingerprint density at radius 3 is 2.30 bits per heavy atom. The summed E-state index contributed by atoms with van der Waals surface area (Å²) in [6.45, 7) is 1.79. The van der Waals surface area contributed by atoms with Gasteiger partial charge in [-0.05, 0) is 35.9 Å². The number of hydrogen-bond acceptors (Lipinski definition) is 5. The number of nitrogens with one attached hydrogen (secondary N) is 1. The van der Waals surface area contributed by atoms with Crippen molar-refractivity contribution in [3.05, 3.63) is 66.3 Å². The maximum atomic E-state index is 12.2. The van der Waals surface area contributed by atoms with Crippen LogP contribution in [0.1, 0.15) is 11.5 Å². The Labute approximate surface area is 157 Å². The standard InChI is InChI=1S/C21H20N2O4/c1-14-22-20(13-27-14)16-5-7-17(8-6-16)23-21(24)9-4-15-10-18(25-2)12-19(11-15)26-3/h4-13H,1-3H3,(H,23,24). The van der Waals surface area contributed by atoms with E-state index in [1.807, 2.05) is 36.4 Å². The minimum atomic E-state index is -0.234. The highest BCUT2D eigenvalue weighted by Gasteiger charge is 2.05. The van der Waals surface area contributed by atoms with E-state index < -0.39 is 0 Å². The molecule has 0 atom stereocenters. The van der Waals surface area contributed by atoms with Crippen molar-refractivity contribution in [2.24, 2.45) is 0 Å². The fraction of sp³-hybridized carbons (Fsp3) is 0.143. The summed E-state index contributed by atoms with van der Waals surface area (Å²) in [4.78, 5) is 16.4. The second kappa shape index (κ2) is 8.23. The molecule has 0 aliphatic rings. The first-order valence-electron chi connectivity index (χ1n) is 8.32. The van der Waals surface area contributed by atoms with E-state index in [9.17, 15) is 4.79 Å². The lowest BCUT2D eigenvalue weighted by atomic mass is 10.1. The van der Waals surface area contributed by atoms with Gasteiger partial charge >= 0.3 is 0 Å². The molecule has 0 unspecified atom stereocenters. The van der Waals surface area contributed by atoms with Gasteiger partial charge in [0.15, 0.2) is 5.89 Å². The average molecular weight is 364 g/mol. The van der Waals surface area contributed by atoms with Crippen LogP contribution >= 0.6 is 0 Å². The van der Waals surface area contributed by atoms with Crippen LogP contribution in [-0.4, -0.2) is 25.1 Å². The van der Waals surface area contributed by atoms with E-state index in [0.717, 1.165) is 16.8 Å². The van der Waals surface area contributed by atoms with E-state index in [1.165, 1.54) is 6.08 Å². The third kappa shape index (κ3) is 4.76. The van der Waals surface area contributed by atoms with E-state index in [1.54, 1.807) is 39.5 Å². The summed E-state index contributed by atoms with van der Waals surface area (Å²) in [6.07, 6.45) is 4.77. The van der Waals surface area contributed by atoms with Crippen LogP contribution in [0.3, 0.4) is 0 Å². The summed E-state index contributed by atoms with van der Waals surface area (Å²) in [7, 11) is 3.16. The smallest absolute Gasteiger partial charge is 0.248 e. The summed E-state index contributed by atoms with van der Waals surface area (Å²) in [5, 5.41) is 2.82. The van der Waals surface area contributed by atoms with E-state index in [-0.39, 0.29) is 5.91 Å². The number of carbonyl (C=O) groups excluding carboxylic acids is 1. The van der Waals surface area contributed by atoms with Crippen molar-refractivity contribution in [2.75, 3.05) is 19.5 Å². The van der Waals surface area contributed by atoms with Crippen molar-refractivity contribution < 1.29 is 18.7 Å². The van der Waals surface area contributed by atoms with Gasteiger partial charge in [-0.3, -0.25) is 4.79 Å². The van der Waals surface area contributed by atoms with Gasteiger partial charge in [0.05, 0.1) is 14.2 Å². The monoisotopic (exact) mass is 364 g/mol. The quantitative estimate of drug-likeness (QED) is 0.660. The SMILES string of the molecule is COc1cc(C=CC(=O)Nc2ccc(-c3coc(C)n3)cc2)cc(OC)c1. The van der Waals surface area contributed by atoms with Gasteiger partial charge in [0.25, 0.3) is 0 Å². The predicted octanol–water partition coefficient (Wildman–Crippen LogP) is 4.32. The average Bonchev–Trinajstić information content (AvgIpc) is 3.13. The third-order valence-electron chi connectivity index (χ3n) is 3.87. The molecule has 27 heavy (non-hydrogen) atoms.